The molecular weight excluding hydrogens is 352 g/mol. The SMILES string of the molecule is COC(=O)[C@@H](Cc1ccccc1Cl)NC(=O)c1ccc2ccccc2n1. The van der Waals surface area contributed by atoms with E-state index in [0.29, 0.717) is 10.5 Å². The third kappa shape index (κ3) is 4.00. The number of pyridine rings is 1. The van der Waals surface area contributed by atoms with E-state index in [1.54, 1.807) is 24.3 Å². The van der Waals surface area contributed by atoms with E-state index < -0.39 is 17.9 Å². The number of nitrogens with zero attached hydrogens (tertiary/aromatic N) is 1. The molecule has 2 aromatic carbocycles. The van der Waals surface area contributed by atoms with Crippen molar-refractivity contribution in [3.8, 4) is 0 Å². The van der Waals surface area contributed by atoms with Crippen LogP contribution < -0.4 is 5.32 Å². The fourth-order valence-corrected chi connectivity index (χ4v) is 2.86. The van der Waals surface area contributed by atoms with Crippen LogP contribution >= 0.6 is 11.6 Å². The smallest absolute Gasteiger partial charge is 0.328 e. The Morgan fingerprint density at radius 3 is 2.58 bits per heavy atom. The van der Waals surface area contributed by atoms with Gasteiger partial charge in [0.05, 0.1) is 12.6 Å². The summed E-state index contributed by atoms with van der Waals surface area (Å²) in [5, 5.41) is 4.15. The molecule has 3 rings (SSSR count). The van der Waals surface area contributed by atoms with Crippen molar-refractivity contribution in [1.29, 1.82) is 0 Å². The summed E-state index contributed by atoms with van der Waals surface area (Å²) in [5.74, 6) is -0.989. The summed E-state index contributed by atoms with van der Waals surface area (Å²) in [6.45, 7) is 0. The fraction of sp³-hybridized carbons (Fsp3) is 0.150. The standard InChI is InChI=1S/C20H17ClN2O3/c1-26-20(25)18(12-14-7-2-4-8-15(14)21)23-19(24)17-11-10-13-6-3-5-9-16(13)22-17/h2-11,18H,12H2,1H3,(H,23,24)/t18-/m1/s1. The Bertz CT molecular complexity index is 958. The van der Waals surface area contributed by atoms with Gasteiger partial charge in [0.25, 0.3) is 5.91 Å². The quantitative estimate of drug-likeness (QED) is 0.701. The van der Waals surface area contributed by atoms with Crippen molar-refractivity contribution in [2.75, 3.05) is 7.11 Å². The highest BCUT2D eigenvalue weighted by molar-refractivity contribution is 6.31. The van der Waals surface area contributed by atoms with Crippen molar-refractivity contribution in [3.05, 3.63) is 76.9 Å². The molecule has 1 amide bonds. The number of esters is 1. The summed E-state index contributed by atoms with van der Waals surface area (Å²) in [5.41, 5.74) is 1.69. The zero-order valence-corrected chi connectivity index (χ0v) is 14.9. The first-order chi connectivity index (χ1) is 12.6. The van der Waals surface area contributed by atoms with E-state index >= 15 is 0 Å². The number of amides is 1. The van der Waals surface area contributed by atoms with Gasteiger partial charge in [-0.3, -0.25) is 4.79 Å². The number of carbonyl (C=O) groups is 2. The van der Waals surface area contributed by atoms with Crippen molar-refractivity contribution in [2.45, 2.75) is 12.5 Å². The van der Waals surface area contributed by atoms with E-state index in [0.717, 1.165) is 10.9 Å². The van der Waals surface area contributed by atoms with Crippen LogP contribution in [0.25, 0.3) is 10.9 Å². The van der Waals surface area contributed by atoms with Crippen LogP contribution in [0.5, 0.6) is 0 Å². The molecule has 0 saturated carbocycles. The van der Waals surface area contributed by atoms with Crippen molar-refractivity contribution in [1.82, 2.24) is 10.3 Å². The van der Waals surface area contributed by atoms with Crippen molar-refractivity contribution in [2.24, 2.45) is 0 Å². The molecule has 1 aromatic heterocycles. The third-order valence-corrected chi connectivity index (χ3v) is 4.37. The zero-order chi connectivity index (χ0) is 18.5. The molecule has 0 aliphatic rings. The number of hydrogen-bond donors (Lipinski definition) is 1. The molecule has 26 heavy (non-hydrogen) atoms. The second-order valence-corrected chi connectivity index (χ2v) is 6.14. The number of rotatable bonds is 5. The van der Waals surface area contributed by atoms with E-state index in [1.165, 1.54) is 7.11 Å². The van der Waals surface area contributed by atoms with Crippen LogP contribution in [-0.2, 0) is 16.0 Å². The molecule has 3 aromatic rings. The Balaban J connectivity index is 1.82. The maximum Gasteiger partial charge on any atom is 0.328 e. The van der Waals surface area contributed by atoms with Crippen LogP contribution in [0.15, 0.2) is 60.7 Å². The summed E-state index contributed by atoms with van der Waals surface area (Å²) in [6, 6.07) is 17.2. The van der Waals surface area contributed by atoms with Gasteiger partial charge in [0.15, 0.2) is 0 Å². The largest absolute Gasteiger partial charge is 0.467 e. The van der Waals surface area contributed by atoms with E-state index in [4.69, 9.17) is 16.3 Å². The third-order valence-electron chi connectivity index (χ3n) is 4.00. The second-order valence-electron chi connectivity index (χ2n) is 5.73. The van der Waals surface area contributed by atoms with E-state index in [2.05, 4.69) is 10.3 Å². The predicted molar refractivity (Wildman–Crippen MR) is 100 cm³/mol. The molecule has 1 N–H and O–H groups in total. The van der Waals surface area contributed by atoms with Gasteiger partial charge in [-0.05, 0) is 23.8 Å². The van der Waals surface area contributed by atoms with Gasteiger partial charge in [0, 0.05) is 16.8 Å². The number of aromatic nitrogens is 1. The lowest BCUT2D eigenvalue weighted by atomic mass is 10.1. The van der Waals surface area contributed by atoms with Crippen molar-refractivity contribution >= 4 is 34.4 Å². The first-order valence-electron chi connectivity index (χ1n) is 8.06. The molecule has 0 radical (unpaired) electrons. The van der Waals surface area contributed by atoms with Gasteiger partial charge in [0.1, 0.15) is 11.7 Å². The highest BCUT2D eigenvalue weighted by Gasteiger charge is 2.24. The topological polar surface area (TPSA) is 68.3 Å². The van der Waals surface area contributed by atoms with E-state index in [-0.39, 0.29) is 12.1 Å². The Labute approximate surface area is 156 Å². The molecule has 132 valence electrons. The van der Waals surface area contributed by atoms with Crippen LogP contribution in [0.3, 0.4) is 0 Å². The molecule has 0 spiro atoms. The predicted octanol–water partition coefficient (Wildman–Crippen LogP) is 3.40. The Kier molecular flexibility index (Phi) is 5.49. The maximum atomic E-state index is 12.6. The maximum absolute atomic E-state index is 12.6. The molecule has 1 atom stereocenters. The summed E-state index contributed by atoms with van der Waals surface area (Å²) >= 11 is 6.16. The van der Waals surface area contributed by atoms with E-state index in [1.807, 2.05) is 36.4 Å². The van der Waals surface area contributed by atoms with Crippen LogP contribution in [0.1, 0.15) is 16.1 Å². The first kappa shape index (κ1) is 17.9. The number of ether oxygens (including phenoxy) is 1. The lowest BCUT2D eigenvalue weighted by molar-refractivity contribution is -0.142. The second kappa shape index (κ2) is 7.97. The summed E-state index contributed by atoms with van der Waals surface area (Å²) in [4.78, 5) is 29.0. The fourth-order valence-electron chi connectivity index (χ4n) is 2.64. The Hall–Kier alpha value is -2.92. The number of carbonyl (C=O) groups excluding carboxylic acids is 2. The van der Waals surface area contributed by atoms with Gasteiger partial charge in [-0.2, -0.15) is 0 Å². The molecule has 6 heteroatoms. The first-order valence-corrected chi connectivity index (χ1v) is 8.44. The molecule has 0 saturated heterocycles. The van der Waals surface area contributed by atoms with Gasteiger partial charge in [-0.15, -0.1) is 0 Å². The molecule has 5 nitrogen and oxygen atoms in total. The molecule has 0 fully saturated rings. The summed E-state index contributed by atoms with van der Waals surface area (Å²) < 4.78 is 4.81. The lowest BCUT2D eigenvalue weighted by Gasteiger charge is -2.17. The van der Waals surface area contributed by atoms with Crippen LogP contribution in [0, 0.1) is 0 Å². The van der Waals surface area contributed by atoms with Gasteiger partial charge >= 0.3 is 5.97 Å². The minimum absolute atomic E-state index is 0.228. The molecular formula is C20H17ClN2O3. The van der Waals surface area contributed by atoms with E-state index in [9.17, 15) is 9.59 Å². The molecule has 0 bridgehead atoms. The zero-order valence-electron chi connectivity index (χ0n) is 14.1. The molecule has 0 aliphatic carbocycles. The van der Waals surface area contributed by atoms with Crippen molar-refractivity contribution in [3.63, 3.8) is 0 Å². The average Bonchev–Trinajstić information content (AvgIpc) is 2.68. The number of methoxy groups -OCH3 is 1. The highest BCUT2D eigenvalue weighted by Crippen LogP contribution is 2.17. The highest BCUT2D eigenvalue weighted by atomic mass is 35.5. The van der Waals surface area contributed by atoms with Gasteiger partial charge in [0.2, 0.25) is 0 Å². The lowest BCUT2D eigenvalue weighted by Crippen LogP contribution is -2.43. The normalized spacial score (nSPS) is 11.8. The van der Waals surface area contributed by atoms with Crippen molar-refractivity contribution < 1.29 is 14.3 Å². The van der Waals surface area contributed by atoms with Gasteiger partial charge in [-0.1, -0.05) is 54.1 Å². The number of para-hydroxylation sites is 1. The average molecular weight is 369 g/mol. The number of benzene rings is 2. The van der Waals surface area contributed by atoms with Gasteiger partial charge in [-0.25, -0.2) is 9.78 Å². The Morgan fingerprint density at radius 2 is 1.81 bits per heavy atom. The minimum Gasteiger partial charge on any atom is -0.467 e. The van der Waals surface area contributed by atoms with Crippen LogP contribution in [-0.4, -0.2) is 30.0 Å². The van der Waals surface area contributed by atoms with Crippen LogP contribution in [0.2, 0.25) is 5.02 Å². The van der Waals surface area contributed by atoms with Crippen LogP contribution in [0.4, 0.5) is 0 Å². The Morgan fingerprint density at radius 1 is 1.08 bits per heavy atom. The number of hydrogen-bond acceptors (Lipinski definition) is 4. The number of halogens is 1. The summed E-state index contributed by atoms with van der Waals surface area (Å²) in [7, 11) is 1.28. The number of fused-ring (bicyclic) bond motifs is 1. The molecule has 0 aliphatic heterocycles. The molecule has 1 heterocycles. The monoisotopic (exact) mass is 368 g/mol. The van der Waals surface area contributed by atoms with Gasteiger partial charge < -0.3 is 10.1 Å². The minimum atomic E-state index is -0.860. The number of nitrogens with one attached hydrogen (secondary N) is 1. The summed E-state index contributed by atoms with van der Waals surface area (Å²) in [6.07, 6.45) is 0.228. The molecule has 0 unspecified atom stereocenters.